The number of aliphatic imine (C=N–C) groups is 1. The second-order valence-corrected chi connectivity index (χ2v) is 6.12. The molecule has 0 N–H and O–H groups in total. The van der Waals surface area contributed by atoms with Gasteiger partial charge >= 0.3 is 0 Å². The molecule has 0 radical (unpaired) electrons. The number of nitrogens with zero attached hydrogens (tertiary/aromatic N) is 2. The van der Waals surface area contributed by atoms with E-state index in [1.54, 1.807) is 12.0 Å². The highest BCUT2D eigenvalue weighted by Crippen LogP contribution is 2.02. The monoisotopic (exact) mass is 286 g/mol. The first-order valence-corrected chi connectivity index (χ1v) is 7.42. The molecular formula is C16H34N2O2. The standard InChI is InChI=1S/2C8H17NO/c1-6(2)8(10-5)9-7(3)4;1-6(2)8(10)9(5)7(3)4/h2*6-7H,1-5H3. The summed E-state index contributed by atoms with van der Waals surface area (Å²) in [5, 5.41) is 0. The highest BCUT2D eigenvalue weighted by atomic mass is 16.5. The first-order valence-electron chi connectivity index (χ1n) is 7.42. The van der Waals surface area contributed by atoms with Crippen molar-refractivity contribution in [2.45, 2.75) is 67.5 Å². The summed E-state index contributed by atoms with van der Waals surface area (Å²) < 4.78 is 5.07. The van der Waals surface area contributed by atoms with E-state index in [4.69, 9.17) is 4.74 Å². The number of hydrogen-bond acceptors (Lipinski definition) is 3. The van der Waals surface area contributed by atoms with Gasteiger partial charge in [0, 0.05) is 31.0 Å². The van der Waals surface area contributed by atoms with Gasteiger partial charge in [0.2, 0.25) is 5.91 Å². The van der Waals surface area contributed by atoms with Crippen LogP contribution in [0.5, 0.6) is 0 Å². The van der Waals surface area contributed by atoms with Gasteiger partial charge in [0.1, 0.15) is 0 Å². The van der Waals surface area contributed by atoms with Gasteiger partial charge in [-0.2, -0.15) is 0 Å². The first kappa shape index (κ1) is 21.2. The van der Waals surface area contributed by atoms with E-state index in [2.05, 4.69) is 18.8 Å². The van der Waals surface area contributed by atoms with Crippen molar-refractivity contribution in [2.24, 2.45) is 16.8 Å². The van der Waals surface area contributed by atoms with Crippen LogP contribution in [0.3, 0.4) is 0 Å². The number of hydrogen-bond donors (Lipinski definition) is 0. The Hall–Kier alpha value is -1.06. The van der Waals surface area contributed by atoms with Crippen LogP contribution >= 0.6 is 0 Å². The molecule has 0 saturated carbocycles. The molecule has 0 fully saturated rings. The number of methoxy groups -OCH3 is 1. The highest BCUT2D eigenvalue weighted by molar-refractivity contribution is 5.78. The Morgan fingerprint density at radius 3 is 1.50 bits per heavy atom. The normalized spacial score (nSPS) is 11.8. The average molecular weight is 286 g/mol. The lowest BCUT2D eigenvalue weighted by Crippen LogP contribution is -2.35. The van der Waals surface area contributed by atoms with E-state index in [1.807, 2.05) is 48.6 Å². The SMILES string of the molecule is CC(C)C(=O)N(C)C(C)C.COC(=NC(C)C)C(C)C. The Morgan fingerprint density at radius 1 is 0.950 bits per heavy atom. The van der Waals surface area contributed by atoms with Crippen molar-refractivity contribution >= 4 is 11.8 Å². The molecule has 0 aromatic heterocycles. The molecule has 0 spiro atoms. The van der Waals surface area contributed by atoms with Crippen molar-refractivity contribution in [2.75, 3.05) is 14.2 Å². The Morgan fingerprint density at radius 2 is 1.40 bits per heavy atom. The second kappa shape index (κ2) is 10.7. The van der Waals surface area contributed by atoms with E-state index in [0.29, 0.717) is 18.0 Å². The maximum atomic E-state index is 11.2. The summed E-state index contributed by atoms with van der Waals surface area (Å²) in [4.78, 5) is 17.3. The molecule has 0 bridgehead atoms. The van der Waals surface area contributed by atoms with Crippen LogP contribution in [0.4, 0.5) is 0 Å². The third-order valence-electron chi connectivity index (χ3n) is 2.70. The topological polar surface area (TPSA) is 41.9 Å². The van der Waals surface area contributed by atoms with Crippen molar-refractivity contribution in [3.63, 3.8) is 0 Å². The summed E-state index contributed by atoms with van der Waals surface area (Å²) in [6.07, 6.45) is 0. The van der Waals surface area contributed by atoms with E-state index >= 15 is 0 Å². The minimum Gasteiger partial charge on any atom is -0.484 e. The van der Waals surface area contributed by atoms with Gasteiger partial charge in [0.15, 0.2) is 5.90 Å². The zero-order valence-electron chi connectivity index (χ0n) is 15.0. The molecule has 0 heterocycles. The van der Waals surface area contributed by atoms with Crippen LogP contribution < -0.4 is 0 Å². The lowest BCUT2D eigenvalue weighted by molar-refractivity contribution is -0.134. The van der Waals surface area contributed by atoms with Crippen molar-refractivity contribution in [1.29, 1.82) is 0 Å². The van der Waals surface area contributed by atoms with E-state index in [1.165, 1.54) is 0 Å². The third-order valence-corrected chi connectivity index (χ3v) is 2.70. The Balaban J connectivity index is 0. The summed E-state index contributed by atoms with van der Waals surface area (Å²) in [5.74, 6) is 1.57. The minimum absolute atomic E-state index is 0.118. The molecular weight excluding hydrogens is 252 g/mol. The molecule has 0 rings (SSSR count). The van der Waals surface area contributed by atoms with Gasteiger partial charge in [-0.05, 0) is 27.7 Å². The maximum absolute atomic E-state index is 11.2. The van der Waals surface area contributed by atoms with Gasteiger partial charge in [0.05, 0.1) is 7.11 Å². The lowest BCUT2D eigenvalue weighted by atomic mass is 10.2. The summed E-state index contributed by atoms with van der Waals surface area (Å²) >= 11 is 0. The molecule has 0 aromatic carbocycles. The smallest absolute Gasteiger partial charge is 0.225 e. The number of rotatable bonds is 4. The molecule has 0 aromatic rings. The van der Waals surface area contributed by atoms with E-state index in [9.17, 15) is 4.79 Å². The molecule has 0 saturated heterocycles. The van der Waals surface area contributed by atoms with Crippen molar-refractivity contribution < 1.29 is 9.53 Å². The van der Waals surface area contributed by atoms with Gasteiger partial charge in [-0.15, -0.1) is 0 Å². The molecule has 20 heavy (non-hydrogen) atoms. The van der Waals surface area contributed by atoms with Crippen LogP contribution in [0.15, 0.2) is 4.99 Å². The molecule has 4 nitrogen and oxygen atoms in total. The van der Waals surface area contributed by atoms with Gasteiger partial charge < -0.3 is 9.64 Å². The molecule has 0 atom stereocenters. The largest absolute Gasteiger partial charge is 0.484 e. The Bertz CT molecular complexity index is 295. The summed E-state index contributed by atoms with van der Waals surface area (Å²) in [6.45, 7) is 16.1. The summed E-state index contributed by atoms with van der Waals surface area (Å²) in [5.41, 5.74) is 0. The van der Waals surface area contributed by atoms with Crippen LogP contribution in [0, 0.1) is 11.8 Å². The predicted molar refractivity (Wildman–Crippen MR) is 87.2 cm³/mol. The lowest BCUT2D eigenvalue weighted by Gasteiger charge is -2.23. The summed E-state index contributed by atoms with van der Waals surface area (Å²) in [7, 11) is 3.51. The molecule has 1 amide bonds. The van der Waals surface area contributed by atoms with Gasteiger partial charge in [0.25, 0.3) is 0 Å². The van der Waals surface area contributed by atoms with Crippen molar-refractivity contribution in [3.8, 4) is 0 Å². The number of carbonyl (C=O) groups is 1. The molecule has 0 unspecified atom stereocenters. The number of carbonyl (C=O) groups excluding carboxylic acids is 1. The van der Waals surface area contributed by atoms with Gasteiger partial charge in [-0.1, -0.05) is 27.7 Å². The van der Waals surface area contributed by atoms with Gasteiger partial charge in [-0.3, -0.25) is 9.79 Å². The summed E-state index contributed by atoms with van der Waals surface area (Å²) in [6, 6.07) is 0.646. The fraction of sp³-hybridized carbons (Fsp3) is 0.875. The van der Waals surface area contributed by atoms with Crippen molar-refractivity contribution in [1.82, 2.24) is 4.90 Å². The third kappa shape index (κ3) is 9.82. The minimum atomic E-state index is 0.118. The second-order valence-electron chi connectivity index (χ2n) is 6.12. The molecule has 0 aliphatic carbocycles. The van der Waals surface area contributed by atoms with Gasteiger partial charge in [-0.25, -0.2) is 0 Å². The highest BCUT2D eigenvalue weighted by Gasteiger charge is 2.14. The zero-order valence-corrected chi connectivity index (χ0v) is 15.0. The van der Waals surface area contributed by atoms with E-state index < -0.39 is 0 Å². The molecule has 120 valence electrons. The molecule has 4 heteroatoms. The first-order chi connectivity index (χ1) is 9.04. The fourth-order valence-corrected chi connectivity index (χ4v) is 1.35. The molecule has 0 aliphatic rings. The van der Waals surface area contributed by atoms with Crippen molar-refractivity contribution in [3.05, 3.63) is 0 Å². The van der Waals surface area contributed by atoms with Crippen LogP contribution in [0.25, 0.3) is 0 Å². The fourth-order valence-electron chi connectivity index (χ4n) is 1.35. The van der Waals surface area contributed by atoms with E-state index in [-0.39, 0.29) is 11.8 Å². The van der Waals surface area contributed by atoms with Crippen LogP contribution in [-0.4, -0.2) is 42.9 Å². The van der Waals surface area contributed by atoms with E-state index in [0.717, 1.165) is 5.90 Å². The zero-order chi connectivity index (χ0) is 16.5. The predicted octanol–water partition coefficient (Wildman–Crippen LogP) is 3.60. The number of amides is 1. The van der Waals surface area contributed by atoms with Crippen LogP contribution in [-0.2, 0) is 9.53 Å². The quantitative estimate of drug-likeness (QED) is 0.585. The molecule has 0 aliphatic heterocycles. The average Bonchev–Trinajstić information content (AvgIpc) is 2.33. The van der Waals surface area contributed by atoms with Crippen LogP contribution in [0.1, 0.15) is 55.4 Å². The Kier molecular flexibility index (Phi) is 11.4. The number of ether oxygens (including phenoxy) is 1. The maximum Gasteiger partial charge on any atom is 0.225 e. The Labute approximate surface area is 125 Å². The van der Waals surface area contributed by atoms with Crippen LogP contribution in [0.2, 0.25) is 0 Å².